The molecule has 14 heavy (non-hydrogen) atoms. The van der Waals surface area contributed by atoms with Gasteiger partial charge < -0.3 is 14.7 Å². The smallest absolute Gasteiger partial charge is 0.409 e. The van der Waals surface area contributed by atoms with Gasteiger partial charge in [-0.25, -0.2) is 4.79 Å². The quantitative estimate of drug-likeness (QED) is 0.743. The summed E-state index contributed by atoms with van der Waals surface area (Å²) in [5.74, 6) is 0.881. The largest absolute Gasteiger partial charge is 0.449 e. The van der Waals surface area contributed by atoms with Gasteiger partial charge in [0.15, 0.2) is 0 Å². The van der Waals surface area contributed by atoms with Gasteiger partial charge in [-0.3, -0.25) is 0 Å². The fourth-order valence-electron chi connectivity index (χ4n) is 1.55. The average molecular weight is 201 g/mol. The van der Waals surface area contributed by atoms with Gasteiger partial charge in [-0.2, -0.15) is 0 Å². The second kappa shape index (κ2) is 4.64. The van der Waals surface area contributed by atoms with Gasteiger partial charge in [0, 0.05) is 19.0 Å². The molecule has 82 valence electrons. The van der Waals surface area contributed by atoms with E-state index in [0.717, 1.165) is 0 Å². The van der Waals surface area contributed by atoms with E-state index in [4.69, 9.17) is 4.74 Å². The molecule has 4 nitrogen and oxygen atoms in total. The number of hydrogen-bond acceptors (Lipinski definition) is 3. The zero-order valence-corrected chi connectivity index (χ0v) is 9.06. The first-order chi connectivity index (χ1) is 6.50. The summed E-state index contributed by atoms with van der Waals surface area (Å²) in [6.45, 7) is 7.47. The Balaban J connectivity index is 2.51. The van der Waals surface area contributed by atoms with E-state index < -0.39 is 6.10 Å². The van der Waals surface area contributed by atoms with E-state index in [2.05, 4.69) is 13.8 Å². The molecule has 0 bridgehead atoms. The lowest BCUT2D eigenvalue weighted by Gasteiger charge is -2.34. The normalized spacial score (nSPS) is 25.1. The fourth-order valence-corrected chi connectivity index (χ4v) is 1.55. The molecule has 1 fully saturated rings. The lowest BCUT2D eigenvalue weighted by molar-refractivity contribution is 0.0146. The highest BCUT2D eigenvalue weighted by atomic mass is 16.6. The number of aliphatic hydroxyl groups is 1. The third-order valence-electron chi connectivity index (χ3n) is 2.56. The van der Waals surface area contributed by atoms with Crippen LogP contribution in [0.3, 0.4) is 0 Å². The van der Waals surface area contributed by atoms with Crippen LogP contribution < -0.4 is 0 Å². The summed E-state index contributed by atoms with van der Waals surface area (Å²) in [6, 6.07) is 0. The third kappa shape index (κ3) is 2.87. The maximum atomic E-state index is 11.3. The van der Waals surface area contributed by atoms with Crippen LogP contribution in [0.2, 0.25) is 0 Å². The summed E-state index contributed by atoms with van der Waals surface area (Å²) in [5, 5.41) is 9.20. The number of carbonyl (C=O) groups excluding carboxylic acids is 1. The van der Waals surface area contributed by atoms with Crippen molar-refractivity contribution in [2.24, 2.45) is 11.8 Å². The number of amides is 1. The van der Waals surface area contributed by atoms with Gasteiger partial charge in [0.25, 0.3) is 0 Å². The van der Waals surface area contributed by atoms with Crippen molar-refractivity contribution in [3.8, 4) is 0 Å². The maximum Gasteiger partial charge on any atom is 0.409 e. The standard InChI is InChI=1S/C10H19NO3/c1-7(2)9-5-11(4-8(3)12)10(13)14-6-9/h7-9,12H,4-6H2,1-3H3. The minimum atomic E-state index is -0.492. The highest BCUT2D eigenvalue weighted by molar-refractivity contribution is 5.68. The Morgan fingerprint density at radius 2 is 2.21 bits per heavy atom. The van der Waals surface area contributed by atoms with Crippen LogP contribution in [-0.4, -0.2) is 41.9 Å². The van der Waals surface area contributed by atoms with Gasteiger partial charge in [-0.15, -0.1) is 0 Å². The number of β-amino-alcohol motifs (C(OH)–C–C–N with tert-alkyl or cyclic N) is 1. The molecule has 1 rings (SSSR count). The molecule has 0 spiro atoms. The second-order valence-corrected chi connectivity index (χ2v) is 4.34. The van der Waals surface area contributed by atoms with Crippen LogP contribution >= 0.6 is 0 Å². The Morgan fingerprint density at radius 3 is 2.71 bits per heavy atom. The van der Waals surface area contributed by atoms with E-state index >= 15 is 0 Å². The van der Waals surface area contributed by atoms with E-state index in [1.165, 1.54) is 0 Å². The van der Waals surface area contributed by atoms with Gasteiger partial charge in [0.1, 0.15) is 0 Å². The minimum Gasteiger partial charge on any atom is -0.449 e. The van der Waals surface area contributed by atoms with Crippen molar-refractivity contribution >= 4 is 6.09 Å². The van der Waals surface area contributed by atoms with E-state index in [0.29, 0.717) is 31.5 Å². The molecular weight excluding hydrogens is 182 g/mol. The summed E-state index contributed by atoms with van der Waals surface area (Å²) in [6.07, 6.45) is -0.795. The molecule has 0 radical (unpaired) electrons. The first-order valence-corrected chi connectivity index (χ1v) is 5.10. The molecule has 1 aliphatic heterocycles. The van der Waals surface area contributed by atoms with Crippen molar-refractivity contribution in [1.29, 1.82) is 0 Å². The number of rotatable bonds is 3. The molecule has 2 atom stereocenters. The Bertz CT molecular complexity index is 204. The van der Waals surface area contributed by atoms with E-state index in [9.17, 15) is 9.90 Å². The average Bonchev–Trinajstić information content (AvgIpc) is 2.07. The van der Waals surface area contributed by atoms with E-state index in [1.807, 2.05) is 0 Å². The number of cyclic esters (lactones) is 1. The van der Waals surface area contributed by atoms with Crippen LogP contribution in [0.4, 0.5) is 4.79 Å². The van der Waals surface area contributed by atoms with Gasteiger partial charge in [0.05, 0.1) is 12.7 Å². The van der Waals surface area contributed by atoms with E-state index in [1.54, 1.807) is 11.8 Å². The number of nitrogens with zero attached hydrogens (tertiary/aromatic N) is 1. The predicted molar refractivity (Wildman–Crippen MR) is 52.9 cm³/mol. The zero-order chi connectivity index (χ0) is 10.7. The number of ether oxygens (including phenoxy) is 1. The Morgan fingerprint density at radius 1 is 1.57 bits per heavy atom. The molecule has 1 heterocycles. The van der Waals surface area contributed by atoms with Gasteiger partial charge in [-0.05, 0) is 12.8 Å². The van der Waals surface area contributed by atoms with Crippen LogP contribution in [0, 0.1) is 11.8 Å². The van der Waals surface area contributed by atoms with Gasteiger partial charge in [0.2, 0.25) is 0 Å². The molecule has 4 heteroatoms. The van der Waals surface area contributed by atoms with Crippen LogP contribution in [0.25, 0.3) is 0 Å². The topological polar surface area (TPSA) is 49.8 Å². The van der Waals surface area contributed by atoms with Crippen LogP contribution in [0.5, 0.6) is 0 Å². The van der Waals surface area contributed by atoms with Crippen LogP contribution in [-0.2, 0) is 4.74 Å². The third-order valence-corrected chi connectivity index (χ3v) is 2.56. The van der Waals surface area contributed by atoms with Crippen molar-refractivity contribution in [2.45, 2.75) is 26.9 Å². The summed E-state index contributed by atoms with van der Waals surface area (Å²) in [7, 11) is 0. The molecule has 1 amide bonds. The minimum absolute atomic E-state index is 0.303. The second-order valence-electron chi connectivity index (χ2n) is 4.34. The first-order valence-electron chi connectivity index (χ1n) is 5.10. The molecule has 1 aliphatic rings. The predicted octanol–water partition coefficient (Wildman–Crippen LogP) is 1.09. The molecular formula is C10H19NO3. The highest BCUT2D eigenvalue weighted by Gasteiger charge is 2.29. The molecule has 0 saturated carbocycles. The van der Waals surface area contributed by atoms with Gasteiger partial charge in [-0.1, -0.05) is 13.8 Å². The summed E-state index contributed by atoms with van der Waals surface area (Å²) >= 11 is 0. The monoisotopic (exact) mass is 201 g/mol. The SMILES string of the molecule is CC(O)CN1CC(C(C)C)COC1=O. The van der Waals surface area contributed by atoms with Gasteiger partial charge >= 0.3 is 6.09 Å². The van der Waals surface area contributed by atoms with E-state index in [-0.39, 0.29) is 6.09 Å². The van der Waals surface area contributed by atoms with Crippen molar-refractivity contribution in [1.82, 2.24) is 4.90 Å². The van der Waals surface area contributed by atoms with Crippen molar-refractivity contribution in [3.05, 3.63) is 0 Å². The Labute approximate surface area is 84.8 Å². The molecule has 1 saturated heterocycles. The fraction of sp³-hybridized carbons (Fsp3) is 0.900. The number of hydrogen-bond donors (Lipinski definition) is 1. The molecule has 0 aromatic heterocycles. The van der Waals surface area contributed by atoms with Crippen molar-refractivity contribution in [2.75, 3.05) is 19.7 Å². The van der Waals surface area contributed by atoms with Crippen molar-refractivity contribution < 1.29 is 14.6 Å². The first kappa shape index (κ1) is 11.3. The number of carbonyl (C=O) groups is 1. The lowest BCUT2D eigenvalue weighted by Crippen LogP contribution is -2.47. The lowest BCUT2D eigenvalue weighted by atomic mass is 9.95. The molecule has 0 aliphatic carbocycles. The highest BCUT2D eigenvalue weighted by Crippen LogP contribution is 2.18. The van der Waals surface area contributed by atoms with Crippen molar-refractivity contribution in [3.63, 3.8) is 0 Å². The Kier molecular flexibility index (Phi) is 3.75. The summed E-state index contributed by atoms with van der Waals surface area (Å²) in [5.41, 5.74) is 0. The summed E-state index contributed by atoms with van der Waals surface area (Å²) in [4.78, 5) is 12.9. The molecule has 0 aromatic rings. The number of aliphatic hydroxyl groups excluding tert-OH is 1. The Hall–Kier alpha value is -0.770. The molecule has 2 unspecified atom stereocenters. The summed E-state index contributed by atoms with van der Waals surface area (Å²) < 4.78 is 5.04. The maximum absolute atomic E-state index is 11.3. The van der Waals surface area contributed by atoms with Crippen LogP contribution in [0.15, 0.2) is 0 Å². The van der Waals surface area contributed by atoms with Crippen LogP contribution in [0.1, 0.15) is 20.8 Å². The zero-order valence-electron chi connectivity index (χ0n) is 9.06. The molecule has 1 N–H and O–H groups in total. The molecule has 0 aromatic carbocycles.